The zero-order chi connectivity index (χ0) is 26.7. The summed E-state index contributed by atoms with van der Waals surface area (Å²) in [6.45, 7) is 0. The van der Waals surface area contributed by atoms with Gasteiger partial charge in [-0.25, -0.2) is 0 Å². The van der Waals surface area contributed by atoms with Gasteiger partial charge in [0.05, 0.1) is 0 Å². The Morgan fingerprint density at radius 2 is 0.711 bits per heavy atom. The van der Waals surface area contributed by atoms with Gasteiger partial charge in [-0.05, 0) is 119 Å². The van der Waals surface area contributed by atoms with Crippen LogP contribution in [0.4, 0.5) is 0 Å². The molecule has 0 heterocycles. The van der Waals surface area contributed by atoms with E-state index in [1.807, 2.05) is 70.1 Å². The second-order valence-electron chi connectivity index (χ2n) is 7.24. The molecule has 0 bridgehead atoms. The maximum atomic E-state index is 9.03. The molecule has 6 nitrogen and oxygen atoms in total. The zero-order valence-corrected chi connectivity index (χ0v) is 22.6. The standard InChI is InChI=1S/C28H14N4O2S4/c29-15-35-25-11-9-23(13-27(25)37-17-31)33-21-5-1-19(2-6-21)20-3-7-22(8-4-20)34-24-10-12-26(36-16-30)28(14-24)38-18-32/h1-14H. The Kier molecular flexibility index (Phi) is 9.48. The summed E-state index contributed by atoms with van der Waals surface area (Å²) >= 11 is 3.99. The highest BCUT2D eigenvalue weighted by Crippen LogP contribution is 2.36. The van der Waals surface area contributed by atoms with Crippen LogP contribution >= 0.6 is 47.0 Å². The van der Waals surface area contributed by atoms with Crippen LogP contribution in [-0.2, 0) is 0 Å². The summed E-state index contributed by atoms with van der Waals surface area (Å²) < 4.78 is 11.9. The van der Waals surface area contributed by atoms with Crippen molar-refractivity contribution in [3.63, 3.8) is 0 Å². The molecule has 0 saturated heterocycles. The lowest BCUT2D eigenvalue weighted by molar-refractivity contribution is 0.480. The number of thioether (sulfide) groups is 4. The summed E-state index contributed by atoms with van der Waals surface area (Å²) in [6.07, 6.45) is 0. The van der Waals surface area contributed by atoms with Crippen LogP contribution in [0.25, 0.3) is 11.1 Å². The van der Waals surface area contributed by atoms with Crippen molar-refractivity contribution in [2.24, 2.45) is 0 Å². The number of ether oxygens (including phenoxy) is 2. The van der Waals surface area contributed by atoms with Gasteiger partial charge < -0.3 is 9.47 Å². The SMILES string of the molecule is N#CSc1ccc(Oc2ccc(-c3ccc(Oc4ccc(SC#N)c(SC#N)c4)cc3)cc2)cc1SC#N. The van der Waals surface area contributed by atoms with E-state index < -0.39 is 0 Å². The highest BCUT2D eigenvalue weighted by molar-refractivity contribution is 8.07. The fraction of sp³-hybridized carbons (Fsp3) is 0. The molecule has 4 aromatic rings. The molecule has 38 heavy (non-hydrogen) atoms. The van der Waals surface area contributed by atoms with Crippen molar-refractivity contribution in [1.29, 1.82) is 21.0 Å². The number of rotatable bonds is 9. The normalized spacial score (nSPS) is 9.89. The van der Waals surface area contributed by atoms with Gasteiger partial charge >= 0.3 is 0 Å². The topological polar surface area (TPSA) is 114 Å². The number of hydrogen-bond donors (Lipinski definition) is 0. The van der Waals surface area contributed by atoms with E-state index in [1.54, 1.807) is 36.4 Å². The van der Waals surface area contributed by atoms with E-state index in [2.05, 4.69) is 0 Å². The van der Waals surface area contributed by atoms with Crippen molar-refractivity contribution >= 4 is 47.0 Å². The van der Waals surface area contributed by atoms with Gasteiger partial charge in [0.2, 0.25) is 0 Å². The van der Waals surface area contributed by atoms with Crippen molar-refractivity contribution < 1.29 is 9.47 Å². The van der Waals surface area contributed by atoms with Gasteiger partial charge in [-0.1, -0.05) is 24.3 Å². The Hall–Kier alpha value is -4.16. The molecule has 0 aliphatic heterocycles. The predicted octanol–water partition coefficient (Wildman–Crippen LogP) is 9.23. The highest BCUT2D eigenvalue weighted by Gasteiger charge is 2.09. The summed E-state index contributed by atoms with van der Waals surface area (Å²) in [5.41, 5.74) is 1.99. The average molecular weight is 567 g/mol. The fourth-order valence-electron chi connectivity index (χ4n) is 3.33. The highest BCUT2D eigenvalue weighted by atomic mass is 32.2. The van der Waals surface area contributed by atoms with E-state index in [-0.39, 0.29) is 0 Å². The van der Waals surface area contributed by atoms with Crippen LogP contribution in [0.15, 0.2) is 105 Å². The minimum atomic E-state index is 0.579. The molecule has 0 radical (unpaired) electrons. The van der Waals surface area contributed by atoms with E-state index in [4.69, 9.17) is 30.5 Å². The van der Waals surface area contributed by atoms with Crippen LogP contribution in [0.5, 0.6) is 23.0 Å². The van der Waals surface area contributed by atoms with Gasteiger partial charge in [-0.3, -0.25) is 0 Å². The van der Waals surface area contributed by atoms with Gasteiger partial charge in [0, 0.05) is 19.6 Å². The molecule has 10 heteroatoms. The lowest BCUT2D eigenvalue weighted by Gasteiger charge is -2.10. The van der Waals surface area contributed by atoms with Crippen LogP contribution in [0.1, 0.15) is 0 Å². The molecule has 0 aromatic heterocycles. The van der Waals surface area contributed by atoms with Gasteiger partial charge in [0.25, 0.3) is 0 Å². The van der Waals surface area contributed by atoms with E-state index in [1.165, 1.54) is 0 Å². The summed E-state index contributed by atoms with van der Waals surface area (Å²) in [6, 6.07) is 25.8. The maximum Gasteiger partial charge on any atom is 0.138 e. The molecular weight excluding hydrogens is 553 g/mol. The molecule has 4 aromatic carbocycles. The first-order valence-corrected chi connectivity index (χ1v) is 14.0. The first-order valence-electron chi connectivity index (χ1n) is 10.7. The van der Waals surface area contributed by atoms with Crippen LogP contribution in [-0.4, -0.2) is 0 Å². The van der Waals surface area contributed by atoms with Gasteiger partial charge in [0.1, 0.15) is 44.6 Å². The Morgan fingerprint density at radius 1 is 0.395 bits per heavy atom. The molecule has 0 N–H and O–H groups in total. The molecule has 0 spiro atoms. The van der Waals surface area contributed by atoms with Crippen molar-refractivity contribution in [3.8, 4) is 55.7 Å². The van der Waals surface area contributed by atoms with Crippen LogP contribution < -0.4 is 9.47 Å². The number of thiocyanates is 4. The van der Waals surface area contributed by atoms with Gasteiger partial charge in [-0.2, -0.15) is 21.0 Å². The van der Waals surface area contributed by atoms with Crippen LogP contribution in [0, 0.1) is 42.7 Å². The molecular formula is C28H14N4O2S4. The summed E-state index contributed by atoms with van der Waals surface area (Å²) in [7, 11) is 0. The molecule has 0 aliphatic rings. The van der Waals surface area contributed by atoms with Crippen LogP contribution in [0.2, 0.25) is 0 Å². The molecule has 0 amide bonds. The van der Waals surface area contributed by atoms with Gasteiger partial charge in [0.15, 0.2) is 0 Å². The second-order valence-corrected chi connectivity index (χ2v) is 10.5. The van der Waals surface area contributed by atoms with E-state index in [0.29, 0.717) is 42.6 Å². The number of benzene rings is 4. The largest absolute Gasteiger partial charge is 0.457 e. The van der Waals surface area contributed by atoms with E-state index >= 15 is 0 Å². The molecule has 0 atom stereocenters. The maximum absolute atomic E-state index is 9.03. The number of nitriles is 4. The molecule has 0 fully saturated rings. The minimum Gasteiger partial charge on any atom is -0.457 e. The molecule has 0 aliphatic carbocycles. The van der Waals surface area contributed by atoms with E-state index in [0.717, 1.165) is 58.2 Å². The molecule has 182 valence electrons. The van der Waals surface area contributed by atoms with Crippen molar-refractivity contribution in [1.82, 2.24) is 0 Å². The summed E-state index contributed by atoms with van der Waals surface area (Å²) in [5, 5.41) is 44.1. The number of nitrogens with zero attached hydrogens (tertiary/aromatic N) is 4. The first-order chi connectivity index (χ1) is 18.6. The third kappa shape index (κ3) is 6.99. The third-order valence-corrected chi connectivity index (χ3v) is 7.86. The molecule has 0 unspecified atom stereocenters. The first kappa shape index (κ1) is 26.9. The summed E-state index contributed by atoms with van der Waals surface area (Å²) in [4.78, 5) is 2.77. The Bertz CT molecular complexity index is 1490. The average Bonchev–Trinajstić information content (AvgIpc) is 2.93. The van der Waals surface area contributed by atoms with Crippen molar-refractivity contribution in [3.05, 3.63) is 84.9 Å². The molecule has 4 rings (SSSR count). The van der Waals surface area contributed by atoms with E-state index in [9.17, 15) is 0 Å². The lowest BCUT2D eigenvalue weighted by Crippen LogP contribution is -1.87. The predicted molar refractivity (Wildman–Crippen MR) is 151 cm³/mol. The second kappa shape index (κ2) is 13.4. The van der Waals surface area contributed by atoms with Gasteiger partial charge in [-0.15, -0.1) is 0 Å². The third-order valence-electron chi connectivity index (χ3n) is 4.97. The Labute approximate surface area is 236 Å². The van der Waals surface area contributed by atoms with Crippen molar-refractivity contribution in [2.75, 3.05) is 0 Å². The van der Waals surface area contributed by atoms with Crippen molar-refractivity contribution in [2.45, 2.75) is 19.6 Å². The zero-order valence-electron chi connectivity index (χ0n) is 19.3. The minimum absolute atomic E-state index is 0.579. The quantitative estimate of drug-likeness (QED) is 0.143. The van der Waals surface area contributed by atoms with Crippen LogP contribution in [0.3, 0.4) is 0 Å². The monoisotopic (exact) mass is 566 g/mol. The number of hydrogen-bond acceptors (Lipinski definition) is 10. The summed E-state index contributed by atoms with van der Waals surface area (Å²) in [5.74, 6) is 2.45. The Balaban J connectivity index is 1.44. The molecule has 0 saturated carbocycles. The Morgan fingerprint density at radius 3 is 1.05 bits per heavy atom. The lowest BCUT2D eigenvalue weighted by atomic mass is 10.1. The fourth-order valence-corrected chi connectivity index (χ4v) is 5.50. The smallest absolute Gasteiger partial charge is 0.138 e.